The molecule has 2 heterocycles. The molecule has 0 aromatic heterocycles. The number of benzene rings is 2. The first kappa shape index (κ1) is 23.5. The number of thioether (sulfide) groups is 2. The monoisotopic (exact) mass is 513 g/mol. The van der Waals surface area contributed by atoms with Crippen LogP contribution in [0.1, 0.15) is 44.6 Å². The molecule has 0 N–H and O–H groups in total. The third-order valence-electron chi connectivity index (χ3n) is 6.51. The molecule has 9 heteroatoms. The van der Waals surface area contributed by atoms with Crippen LogP contribution in [0.4, 0.5) is 5.69 Å². The minimum Gasteiger partial charge on any atom is -0.337 e. The van der Waals surface area contributed by atoms with E-state index >= 15 is 0 Å². The highest BCUT2D eigenvalue weighted by atomic mass is 32.2. The number of rotatable bonds is 4. The third kappa shape index (κ3) is 4.29. The van der Waals surface area contributed by atoms with Crippen LogP contribution in [0.2, 0.25) is 0 Å². The summed E-state index contributed by atoms with van der Waals surface area (Å²) in [7, 11) is -2.00. The van der Waals surface area contributed by atoms with Crippen molar-refractivity contribution in [3.05, 3.63) is 64.0 Å². The zero-order chi connectivity index (χ0) is 23.9. The number of sulfonamides is 1. The smallest absolute Gasteiger partial charge is 0.284 e. The highest BCUT2D eigenvalue weighted by molar-refractivity contribution is 8.19. The Morgan fingerprint density at radius 1 is 1.00 bits per heavy atom. The van der Waals surface area contributed by atoms with Crippen LogP contribution in [0, 0.1) is 0 Å². The minimum atomic E-state index is -3.95. The number of aryl methyl sites for hydroxylation is 1. The predicted molar refractivity (Wildman–Crippen MR) is 139 cm³/mol. The van der Waals surface area contributed by atoms with Gasteiger partial charge in [-0.05, 0) is 60.9 Å². The highest BCUT2D eigenvalue weighted by Gasteiger charge is 2.43. The number of fused-ring (bicyclic) bond motifs is 1. The number of anilines is 1. The molecule has 2 aliphatic heterocycles. The second-order valence-electron chi connectivity index (χ2n) is 8.68. The van der Waals surface area contributed by atoms with Gasteiger partial charge in [0, 0.05) is 18.0 Å². The van der Waals surface area contributed by atoms with Crippen LogP contribution in [0.15, 0.2) is 72.7 Å². The molecule has 0 radical (unpaired) electrons. The van der Waals surface area contributed by atoms with Crippen LogP contribution in [0.25, 0.3) is 0 Å². The standard InChI is InChI=1S/C25H27N3O3S3/c1-3-17-13-15-19(16-14-17)34(30,31)26-25-28(18-9-5-4-6-10-18)23(29)22(33-25)24-27(2)20-11-7-8-12-21(20)32-24/h7-8,11-16,18H,3-6,9-10H2,1-2H3/b24-22+,26-25+. The van der Waals surface area contributed by atoms with Gasteiger partial charge in [0.15, 0.2) is 5.17 Å². The summed E-state index contributed by atoms with van der Waals surface area (Å²) in [5, 5.41) is 1.09. The number of amidine groups is 1. The molecule has 0 atom stereocenters. The molecule has 1 amide bonds. The van der Waals surface area contributed by atoms with Gasteiger partial charge in [0.1, 0.15) is 4.91 Å². The maximum absolute atomic E-state index is 13.7. The maximum Gasteiger partial charge on any atom is 0.284 e. The molecule has 1 aliphatic carbocycles. The van der Waals surface area contributed by atoms with Crippen molar-refractivity contribution in [2.45, 2.75) is 61.3 Å². The first-order valence-electron chi connectivity index (χ1n) is 11.6. The first-order chi connectivity index (χ1) is 16.4. The Morgan fingerprint density at radius 3 is 2.38 bits per heavy atom. The van der Waals surface area contributed by atoms with Crippen molar-refractivity contribution >= 4 is 50.3 Å². The summed E-state index contributed by atoms with van der Waals surface area (Å²) in [6, 6.07) is 14.8. The fourth-order valence-electron chi connectivity index (χ4n) is 4.59. The van der Waals surface area contributed by atoms with E-state index in [-0.39, 0.29) is 22.0 Å². The van der Waals surface area contributed by atoms with Crippen molar-refractivity contribution in [3.63, 3.8) is 0 Å². The molecule has 34 heavy (non-hydrogen) atoms. The number of nitrogens with zero attached hydrogens (tertiary/aromatic N) is 3. The van der Waals surface area contributed by atoms with Crippen molar-refractivity contribution in [2.75, 3.05) is 11.9 Å². The Bertz CT molecular complexity index is 1280. The third-order valence-corrected chi connectivity index (χ3v) is 10.3. The van der Waals surface area contributed by atoms with Gasteiger partial charge in [0.25, 0.3) is 15.9 Å². The Labute approximate surface area is 209 Å². The average Bonchev–Trinajstić information content (AvgIpc) is 3.35. The largest absolute Gasteiger partial charge is 0.337 e. The molecule has 0 unspecified atom stereocenters. The molecule has 0 bridgehead atoms. The van der Waals surface area contributed by atoms with Crippen LogP contribution in [-0.2, 0) is 21.2 Å². The molecule has 6 nitrogen and oxygen atoms in total. The molecule has 2 aromatic carbocycles. The van der Waals surface area contributed by atoms with Gasteiger partial charge >= 0.3 is 0 Å². The normalized spacial score (nSPS) is 22.6. The summed E-state index contributed by atoms with van der Waals surface area (Å²) in [5.41, 5.74) is 2.11. The summed E-state index contributed by atoms with van der Waals surface area (Å²) in [6.45, 7) is 2.03. The SMILES string of the molecule is CCc1ccc(S(=O)(=O)/N=C2/S/C(=C3/Sc4ccccc4N3C)C(=O)N2C2CCCCC2)cc1. The highest BCUT2D eigenvalue weighted by Crippen LogP contribution is 2.50. The number of para-hydroxylation sites is 1. The number of amides is 1. The summed E-state index contributed by atoms with van der Waals surface area (Å²) >= 11 is 2.73. The van der Waals surface area contributed by atoms with Gasteiger partial charge in [-0.1, -0.05) is 62.2 Å². The molecule has 178 valence electrons. The molecule has 3 aliphatic rings. The lowest BCUT2D eigenvalue weighted by Crippen LogP contribution is -2.41. The fraction of sp³-hybridized carbons (Fsp3) is 0.360. The van der Waals surface area contributed by atoms with Gasteiger partial charge in [0.2, 0.25) is 0 Å². The zero-order valence-corrected chi connectivity index (χ0v) is 21.7. The van der Waals surface area contributed by atoms with E-state index in [1.165, 1.54) is 11.8 Å². The lowest BCUT2D eigenvalue weighted by atomic mass is 9.94. The maximum atomic E-state index is 13.7. The Hall–Kier alpha value is -2.23. The molecule has 2 aromatic rings. The van der Waals surface area contributed by atoms with Crippen LogP contribution >= 0.6 is 23.5 Å². The van der Waals surface area contributed by atoms with E-state index in [2.05, 4.69) is 4.40 Å². The van der Waals surface area contributed by atoms with Gasteiger partial charge < -0.3 is 4.90 Å². The van der Waals surface area contributed by atoms with E-state index in [9.17, 15) is 13.2 Å². The van der Waals surface area contributed by atoms with Crippen LogP contribution in [0.3, 0.4) is 0 Å². The quantitative estimate of drug-likeness (QED) is 0.495. The molecule has 0 spiro atoms. The second-order valence-corrected chi connectivity index (χ2v) is 12.3. The molecule has 5 rings (SSSR count). The topological polar surface area (TPSA) is 70.0 Å². The van der Waals surface area contributed by atoms with E-state index in [0.717, 1.165) is 59.7 Å². The van der Waals surface area contributed by atoms with Crippen molar-refractivity contribution in [2.24, 2.45) is 4.40 Å². The van der Waals surface area contributed by atoms with Crippen LogP contribution in [-0.4, -0.2) is 37.5 Å². The van der Waals surface area contributed by atoms with Gasteiger partial charge in [-0.2, -0.15) is 8.42 Å². The average molecular weight is 514 g/mol. The van der Waals surface area contributed by atoms with E-state index in [0.29, 0.717) is 4.91 Å². The molecular weight excluding hydrogens is 486 g/mol. The van der Waals surface area contributed by atoms with Crippen LogP contribution < -0.4 is 4.90 Å². The molecule has 1 saturated carbocycles. The van der Waals surface area contributed by atoms with Crippen molar-refractivity contribution in [1.82, 2.24) is 4.90 Å². The molecule has 1 saturated heterocycles. The number of hydrogen-bond acceptors (Lipinski definition) is 6. The number of hydrogen-bond donors (Lipinski definition) is 0. The lowest BCUT2D eigenvalue weighted by Gasteiger charge is -2.30. The molecular formula is C25H27N3O3S3. The number of carbonyl (C=O) groups is 1. The van der Waals surface area contributed by atoms with Crippen LogP contribution in [0.5, 0.6) is 0 Å². The molecule has 2 fully saturated rings. The second kappa shape index (κ2) is 9.43. The lowest BCUT2D eigenvalue weighted by molar-refractivity contribution is -0.124. The first-order valence-corrected chi connectivity index (χ1v) is 14.7. The van der Waals surface area contributed by atoms with Gasteiger partial charge in [-0.25, -0.2) is 0 Å². The Kier molecular flexibility index (Phi) is 6.52. The van der Waals surface area contributed by atoms with Gasteiger partial charge in [0.05, 0.1) is 15.6 Å². The summed E-state index contributed by atoms with van der Waals surface area (Å²) < 4.78 is 30.7. The van der Waals surface area contributed by atoms with E-state index < -0.39 is 10.0 Å². The van der Waals surface area contributed by atoms with E-state index in [1.807, 2.05) is 55.3 Å². The predicted octanol–water partition coefficient (Wildman–Crippen LogP) is 5.61. The number of carbonyl (C=O) groups excluding carboxylic acids is 1. The van der Waals surface area contributed by atoms with Crippen molar-refractivity contribution < 1.29 is 13.2 Å². The van der Waals surface area contributed by atoms with Crippen molar-refractivity contribution in [1.29, 1.82) is 0 Å². The summed E-state index contributed by atoms with van der Waals surface area (Å²) in [6.07, 6.45) is 5.76. The zero-order valence-electron chi connectivity index (χ0n) is 19.2. The van der Waals surface area contributed by atoms with E-state index in [1.54, 1.807) is 28.8 Å². The fourth-order valence-corrected chi connectivity index (χ4v) is 8.17. The van der Waals surface area contributed by atoms with E-state index in [4.69, 9.17) is 0 Å². The van der Waals surface area contributed by atoms with Gasteiger partial charge in [-0.3, -0.25) is 9.69 Å². The Morgan fingerprint density at radius 2 is 1.71 bits per heavy atom. The Balaban J connectivity index is 1.55. The van der Waals surface area contributed by atoms with Gasteiger partial charge in [-0.15, -0.1) is 4.40 Å². The summed E-state index contributed by atoms with van der Waals surface area (Å²) in [4.78, 5) is 19.2. The summed E-state index contributed by atoms with van der Waals surface area (Å²) in [5.74, 6) is -0.144. The minimum absolute atomic E-state index is 0.0256. The van der Waals surface area contributed by atoms with Crippen molar-refractivity contribution in [3.8, 4) is 0 Å².